The van der Waals surface area contributed by atoms with Crippen LogP contribution in [-0.2, 0) is 13.1 Å². The lowest BCUT2D eigenvalue weighted by Crippen LogP contribution is -2.23. The van der Waals surface area contributed by atoms with Crippen molar-refractivity contribution in [2.24, 2.45) is 0 Å². The van der Waals surface area contributed by atoms with E-state index < -0.39 is 0 Å². The summed E-state index contributed by atoms with van der Waals surface area (Å²) < 4.78 is 0. The number of amides is 1. The van der Waals surface area contributed by atoms with Gasteiger partial charge < -0.3 is 10.6 Å². The van der Waals surface area contributed by atoms with Crippen molar-refractivity contribution in [3.8, 4) is 0 Å². The van der Waals surface area contributed by atoms with E-state index in [0.717, 1.165) is 11.3 Å². The number of nitrogens with zero attached hydrogens (tertiary/aromatic N) is 4. The summed E-state index contributed by atoms with van der Waals surface area (Å²) >= 11 is 0. The molecule has 3 rings (SSSR count). The zero-order valence-electron chi connectivity index (χ0n) is 12.9. The Morgan fingerprint density at radius 1 is 0.917 bits per heavy atom. The molecule has 0 spiro atoms. The van der Waals surface area contributed by atoms with Crippen molar-refractivity contribution < 1.29 is 4.79 Å². The minimum Gasteiger partial charge on any atom is -0.349 e. The molecule has 24 heavy (non-hydrogen) atoms. The van der Waals surface area contributed by atoms with Gasteiger partial charge in [0.15, 0.2) is 0 Å². The van der Waals surface area contributed by atoms with Gasteiger partial charge in [-0.25, -0.2) is 9.97 Å². The van der Waals surface area contributed by atoms with Gasteiger partial charge in [0.05, 0.1) is 17.8 Å². The molecule has 2 N–H and O–H groups in total. The van der Waals surface area contributed by atoms with Crippen LogP contribution in [0.5, 0.6) is 0 Å². The van der Waals surface area contributed by atoms with Crippen LogP contribution in [-0.4, -0.2) is 25.8 Å². The standard InChI is InChI=1S/C17H16N6O/c24-16(20-9-13-4-3-6-18-8-13)14-10-21-17(22-11-14)23-12-15-5-1-2-7-19-15/h1-8,10-11H,9,12H2,(H,20,24)(H,21,22,23). The predicted octanol–water partition coefficient (Wildman–Crippen LogP) is 1.81. The second-order valence-electron chi connectivity index (χ2n) is 5.01. The Kier molecular flexibility index (Phi) is 5.03. The highest BCUT2D eigenvalue weighted by Gasteiger charge is 2.07. The van der Waals surface area contributed by atoms with Gasteiger partial charge in [0.25, 0.3) is 5.91 Å². The zero-order valence-corrected chi connectivity index (χ0v) is 12.9. The zero-order chi connectivity index (χ0) is 16.6. The first-order valence-corrected chi connectivity index (χ1v) is 7.44. The highest BCUT2D eigenvalue weighted by molar-refractivity contribution is 5.93. The van der Waals surface area contributed by atoms with Gasteiger partial charge in [-0.3, -0.25) is 14.8 Å². The topological polar surface area (TPSA) is 92.7 Å². The van der Waals surface area contributed by atoms with Crippen molar-refractivity contribution in [1.82, 2.24) is 25.3 Å². The van der Waals surface area contributed by atoms with Crippen molar-refractivity contribution in [3.63, 3.8) is 0 Å². The fourth-order valence-electron chi connectivity index (χ4n) is 2.00. The van der Waals surface area contributed by atoms with Crippen LogP contribution in [0.3, 0.4) is 0 Å². The normalized spacial score (nSPS) is 10.2. The van der Waals surface area contributed by atoms with E-state index in [1.165, 1.54) is 12.4 Å². The Morgan fingerprint density at radius 3 is 2.50 bits per heavy atom. The van der Waals surface area contributed by atoms with Crippen LogP contribution in [0.25, 0.3) is 0 Å². The summed E-state index contributed by atoms with van der Waals surface area (Å²) in [7, 11) is 0. The van der Waals surface area contributed by atoms with Crippen molar-refractivity contribution in [2.75, 3.05) is 5.32 Å². The third kappa shape index (κ3) is 4.33. The van der Waals surface area contributed by atoms with Crippen LogP contribution in [0, 0.1) is 0 Å². The third-order valence-electron chi connectivity index (χ3n) is 3.24. The summed E-state index contributed by atoms with van der Waals surface area (Å²) in [6.07, 6.45) is 8.11. The molecular weight excluding hydrogens is 304 g/mol. The number of carbonyl (C=O) groups is 1. The van der Waals surface area contributed by atoms with Gasteiger partial charge in [-0.2, -0.15) is 0 Å². The van der Waals surface area contributed by atoms with E-state index in [-0.39, 0.29) is 5.91 Å². The fraction of sp³-hybridized carbons (Fsp3) is 0.118. The smallest absolute Gasteiger partial charge is 0.254 e. The molecular formula is C17H16N6O. The number of carbonyl (C=O) groups excluding carboxylic acids is 1. The fourth-order valence-corrected chi connectivity index (χ4v) is 2.00. The Morgan fingerprint density at radius 2 is 1.79 bits per heavy atom. The van der Waals surface area contributed by atoms with Crippen LogP contribution >= 0.6 is 0 Å². The largest absolute Gasteiger partial charge is 0.349 e. The van der Waals surface area contributed by atoms with Crippen LogP contribution in [0.15, 0.2) is 61.3 Å². The maximum atomic E-state index is 12.1. The lowest BCUT2D eigenvalue weighted by molar-refractivity contribution is 0.0950. The van der Waals surface area contributed by atoms with E-state index in [1.807, 2.05) is 30.3 Å². The summed E-state index contributed by atoms with van der Waals surface area (Å²) in [6.45, 7) is 0.930. The molecule has 1 amide bonds. The van der Waals surface area contributed by atoms with Crippen molar-refractivity contribution in [1.29, 1.82) is 0 Å². The van der Waals surface area contributed by atoms with Crippen LogP contribution in [0.4, 0.5) is 5.95 Å². The van der Waals surface area contributed by atoms with Gasteiger partial charge in [0.1, 0.15) is 0 Å². The monoisotopic (exact) mass is 320 g/mol. The number of aromatic nitrogens is 4. The summed E-state index contributed by atoms with van der Waals surface area (Å²) in [5.74, 6) is 0.222. The van der Waals surface area contributed by atoms with E-state index in [2.05, 4.69) is 30.6 Å². The number of anilines is 1. The summed E-state index contributed by atoms with van der Waals surface area (Å²) in [4.78, 5) is 28.6. The van der Waals surface area contributed by atoms with Gasteiger partial charge in [0.2, 0.25) is 5.95 Å². The molecule has 3 heterocycles. The average molecular weight is 320 g/mol. The van der Waals surface area contributed by atoms with Gasteiger partial charge in [-0.1, -0.05) is 12.1 Å². The van der Waals surface area contributed by atoms with Crippen molar-refractivity contribution in [2.45, 2.75) is 13.1 Å². The molecule has 7 nitrogen and oxygen atoms in total. The Balaban J connectivity index is 1.53. The number of pyridine rings is 2. The molecule has 3 aromatic rings. The third-order valence-corrected chi connectivity index (χ3v) is 3.24. The lowest BCUT2D eigenvalue weighted by Gasteiger charge is -2.06. The maximum Gasteiger partial charge on any atom is 0.254 e. The minimum absolute atomic E-state index is 0.227. The predicted molar refractivity (Wildman–Crippen MR) is 89.0 cm³/mol. The highest BCUT2D eigenvalue weighted by atomic mass is 16.1. The number of rotatable bonds is 6. The summed E-state index contributed by atoms with van der Waals surface area (Å²) in [5, 5.41) is 5.86. The molecule has 0 saturated heterocycles. The molecule has 7 heteroatoms. The van der Waals surface area contributed by atoms with Crippen LogP contribution in [0.2, 0.25) is 0 Å². The number of hydrogen-bond donors (Lipinski definition) is 2. The number of hydrogen-bond acceptors (Lipinski definition) is 6. The van der Waals surface area contributed by atoms with Crippen LogP contribution < -0.4 is 10.6 Å². The van der Waals surface area contributed by atoms with Crippen LogP contribution in [0.1, 0.15) is 21.6 Å². The van der Waals surface area contributed by atoms with Gasteiger partial charge in [-0.05, 0) is 23.8 Å². The molecule has 0 unspecified atom stereocenters. The van der Waals surface area contributed by atoms with E-state index in [1.54, 1.807) is 18.6 Å². The van der Waals surface area contributed by atoms with Gasteiger partial charge in [0, 0.05) is 37.5 Å². The Labute approximate surface area is 139 Å². The first-order chi connectivity index (χ1) is 11.8. The first kappa shape index (κ1) is 15.5. The summed E-state index contributed by atoms with van der Waals surface area (Å²) in [6, 6.07) is 9.41. The number of nitrogens with one attached hydrogen (secondary N) is 2. The van der Waals surface area contributed by atoms with Crippen molar-refractivity contribution in [3.05, 3.63) is 78.1 Å². The van der Waals surface area contributed by atoms with Gasteiger partial charge >= 0.3 is 0 Å². The Bertz CT molecular complexity index is 777. The Hall–Kier alpha value is -3.35. The molecule has 0 aliphatic heterocycles. The molecule has 120 valence electrons. The molecule has 0 bridgehead atoms. The summed E-state index contributed by atoms with van der Waals surface area (Å²) in [5.41, 5.74) is 2.22. The molecule has 0 aliphatic carbocycles. The quantitative estimate of drug-likeness (QED) is 0.719. The van der Waals surface area contributed by atoms with Crippen molar-refractivity contribution >= 4 is 11.9 Å². The second-order valence-corrected chi connectivity index (χ2v) is 5.01. The second kappa shape index (κ2) is 7.77. The minimum atomic E-state index is -0.227. The SMILES string of the molecule is O=C(NCc1cccnc1)c1cnc(NCc2ccccn2)nc1. The highest BCUT2D eigenvalue weighted by Crippen LogP contribution is 2.03. The van der Waals surface area contributed by atoms with E-state index >= 15 is 0 Å². The molecule has 3 aromatic heterocycles. The molecule has 0 fully saturated rings. The maximum absolute atomic E-state index is 12.1. The molecule has 0 aliphatic rings. The van der Waals surface area contributed by atoms with E-state index in [0.29, 0.717) is 24.6 Å². The molecule has 0 radical (unpaired) electrons. The van der Waals surface area contributed by atoms with Gasteiger partial charge in [-0.15, -0.1) is 0 Å². The van der Waals surface area contributed by atoms with E-state index in [9.17, 15) is 4.79 Å². The first-order valence-electron chi connectivity index (χ1n) is 7.44. The lowest BCUT2D eigenvalue weighted by atomic mass is 10.2. The average Bonchev–Trinajstić information content (AvgIpc) is 2.66. The molecule has 0 aromatic carbocycles. The molecule has 0 saturated carbocycles. The van der Waals surface area contributed by atoms with E-state index in [4.69, 9.17) is 0 Å². The molecule has 0 atom stereocenters.